The second-order valence-corrected chi connectivity index (χ2v) is 4.34. The summed E-state index contributed by atoms with van der Waals surface area (Å²) >= 11 is 0. The quantitative estimate of drug-likeness (QED) is 0.548. The Morgan fingerprint density at radius 3 is 2.38 bits per heavy atom. The predicted octanol–water partition coefficient (Wildman–Crippen LogP) is 3.32. The van der Waals surface area contributed by atoms with Crippen LogP contribution in [-0.4, -0.2) is 11.7 Å². The zero-order valence-corrected chi connectivity index (χ0v) is 10.2. The molecule has 90 valence electrons. The first-order valence-electron chi connectivity index (χ1n) is 6.24. The standard InChI is InChI=1S/C14H23NO/c1-2-12(6-4-3-5-11-16)13-7-9-14(15)10-8-13/h7-10,12,16H,2-6,11,15H2,1H3. The Hall–Kier alpha value is -1.02. The number of aliphatic hydroxyl groups is 1. The molecule has 0 aliphatic rings. The van der Waals surface area contributed by atoms with Crippen molar-refractivity contribution in [3.05, 3.63) is 29.8 Å². The van der Waals surface area contributed by atoms with E-state index in [-0.39, 0.29) is 0 Å². The first kappa shape index (κ1) is 13.0. The van der Waals surface area contributed by atoms with Crippen LogP contribution in [-0.2, 0) is 0 Å². The van der Waals surface area contributed by atoms with E-state index in [0.29, 0.717) is 12.5 Å². The third-order valence-electron chi connectivity index (χ3n) is 3.11. The van der Waals surface area contributed by atoms with E-state index < -0.39 is 0 Å². The largest absolute Gasteiger partial charge is 0.399 e. The number of nitrogen functional groups attached to an aromatic ring is 1. The van der Waals surface area contributed by atoms with Gasteiger partial charge < -0.3 is 10.8 Å². The molecule has 0 aliphatic heterocycles. The van der Waals surface area contributed by atoms with E-state index in [1.807, 2.05) is 12.1 Å². The number of unbranched alkanes of at least 4 members (excludes halogenated alkanes) is 2. The van der Waals surface area contributed by atoms with E-state index in [9.17, 15) is 0 Å². The zero-order valence-electron chi connectivity index (χ0n) is 10.2. The molecule has 0 radical (unpaired) electrons. The minimum atomic E-state index is 0.318. The maximum Gasteiger partial charge on any atom is 0.0431 e. The van der Waals surface area contributed by atoms with Crippen molar-refractivity contribution in [3.63, 3.8) is 0 Å². The Morgan fingerprint density at radius 2 is 1.81 bits per heavy atom. The minimum Gasteiger partial charge on any atom is -0.399 e. The Kier molecular flexibility index (Phi) is 5.94. The van der Waals surface area contributed by atoms with Crippen molar-refractivity contribution >= 4 is 5.69 Å². The topological polar surface area (TPSA) is 46.2 Å². The third-order valence-corrected chi connectivity index (χ3v) is 3.11. The molecular formula is C14H23NO. The van der Waals surface area contributed by atoms with Crippen molar-refractivity contribution in [2.45, 2.75) is 44.9 Å². The fourth-order valence-corrected chi connectivity index (χ4v) is 2.05. The van der Waals surface area contributed by atoms with Gasteiger partial charge in [-0.15, -0.1) is 0 Å². The van der Waals surface area contributed by atoms with Gasteiger partial charge in [-0.1, -0.05) is 31.9 Å². The van der Waals surface area contributed by atoms with Crippen LogP contribution in [0.25, 0.3) is 0 Å². The van der Waals surface area contributed by atoms with Crippen LogP contribution in [0.1, 0.15) is 50.5 Å². The molecule has 2 heteroatoms. The van der Waals surface area contributed by atoms with E-state index in [2.05, 4.69) is 19.1 Å². The van der Waals surface area contributed by atoms with E-state index >= 15 is 0 Å². The van der Waals surface area contributed by atoms with Crippen molar-refractivity contribution in [2.24, 2.45) is 0 Å². The molecule has 0 spiro atoms. The van der Waals surface area contributed by atoms with Crippen LogP contribution in [0.15, 0.2) is 24.3 Å². The molecule has 1 atom stereocenters. The Balaban J connectivity index is 2.44. The average molecular weight is 221 g/mol. The van der Waals surface area contributed by atoms with Crippen molar-refractivity contribution in [1.82, 2.24) is 0 Å². The van der Waals surface area contributed by atoms with Gasteiger partial charge in [0.1, 0.15) is 0 Å². The number of benzene rings is 1. The second kappa shape index (κ2) is 7.29. The molecule has 0 fully saturated rings. The van der Waals surface area contributed by atoms with Gasteiger partial charge in [-0.2, -0.15) is 0 Å². The molecule has 0 heterocycles. The van der Waals surface area contributed by atoms with Crippen LogP contribution < -0.4 is 5.73 Å². The number of hydrogen-bond acceptors (Lipinski definition) is 2. The van der Waals surface area contributed by atoms with E-state index in [1.165, 1.54) is 24.8 Å². The summed E-state index contributed by atoms with van der Waals surface area (Å²) in [7, 11) is 0. The molecular weight excluding hydrogens is 198 g/mol. The van der Waals surface area contributed by atoms with Crippen LogP contribution in [0, 0.1) is 0 Å². The van der Waals surface area contributed by atoms with Crippen molar-refractivity contribution < 1.29 is 5.11 Å². The van der Waals surface area contributed by atoms with Gasteiger partial charge in [-0.05, 0) is 42.9 Å². The Bertz CT molecular complexity index is 281. The first-order chi connectivity index (χ1) is 7.77. The maximum atomic E-state index is 8.72. The average Bonchev–Trinajstić information content (AvgIpc) is 2.31. The fraction of sp³-hybridized carbons (Fsp3) is 0.571. The SMILES string of the molecule is CCC(CCCCCO)c1ccc(N)cc1. The van der Waals surface area contributed by atoms with Crippen LogP contribution in [0.3, 0.4) is 0 Å². The number of anilines is 1. The molecule has 1 rings (SSSR count). The van der Waals surface area contributed by atoms with Gasteiger partial charge in [0.15, 0.2) is 0 Å². The highest BCUT2D eigenvalue weighted by Crippen LogP contribution is 2.26. The molecule has 1 aromatic rings. The smallest absolute Gasteiger partial charge is 0.0431 e. The lowest BCUT2D eigenvalue weighted by Gasteiger charge is -2.15. The summed E-state index contributed by atoms with van der Waals surface area (Å²) in [4.78, 5) is 0. The predicted molar refractivity (Wildman–Crippen MR) is 69.4 cm³/mol. The molecule has 3 N–H and O–H groups in total. The van der Waals surface area contributed by atoms with Gasteiger partial charge in [-0.3, -0.25) is 0 Å². The lowest BCUT2D eigenvalue weighted by Crippen LogP contribution is -1.98. The third kappa shape index (κ3) is 4.23. The highest BCUT2D eigenvalue weighted by Gasteiger charge is 2.08. The maximum absolute atomic E-state index is 8.72. The summed E-state index contributed by atoms with van der Waals surface area (Å²) in [5, 5.41) is 8.72. The first-order valence-corrected chi connectivity index (χ1v) is 6.24. The number of hydrogen-bond donors (Lipinski definition) is 2. The van der Waals surface area contributed by atoms with Gasteiger partial charge >= 0.3 is 0 Å². The van der Waals surface area contributed by atoms with Gasteiger partial charge in [0.25, 0.3) is 0 Å². The van der Waals surface area contributed by atoms with Gasteiger partial charge in [-0.25, -0.2) is 0 Å². The molecule has 0 saturated carbocycles. The molecule has 0 bridgehead atoms. The van der Waals surface area contributed by atoms with Gasteiger partial charge in [0.2, 0.25) is 0 Å². The highest BCUT2D eigenvalue weighted by molar-refractivity contribution is 5.40. The van der Waals surface area contributed by atoms with Crippen LogP contribution in [0.5, 0.6) is 0 Å². The van der Waals surface area contributed by atoms with E-state index in [4.69, 9.17) is 10.8 Å². The monoisotopic (exact) mass is 221 g/mol. The van der Waals surface area contributed by atoms with Crippen molar-refractivity contribution in [3.8, 4) is 0 Å². The van der Waals surface area contributed by atoms with Crippen LogP contribution >= 0.6 is 0 Å². The lowest BCUT2D eigenvalue weighted by molar-refractivity contribution is 0.281. The molecule has 0 aromatic heterocycles. The summed E-state index contributed by atoms with van der Waals surface area (Å²) in [5.74, 6) is 0.638. The molecule has 1 unspecified atom stereocenters. The lowest BCUT2D eigenvalue weighted by atomic mass is 9.91. The molecule has 0 aliphatic carbocycles. The van der Waals surface area contributed by atoms with Gasteiger partial charge in [0.05, 0.1) is 0 Å². The van der Waals surface area contributed by atoms with Crippen molar-refractivity contribution in [2.75, 3.05) is 12.3 Å². The highest BCUT2D eigenvalue weighted by atomic mass is 16.2. The Morgan fingerprint density at radius 1 is 1.12 bits per heavy atom. The molecule has 1 aromatic carbocycles. The van der Waals surface area contributed by atoms with E-state index in [0.717, 1.165) is 18.5 Å². The number of aliphatic hydroxyl groups excluding tert-OH is 1. The fourth-order valence-electron chi connectivity index (χ4n) is 2.05. The second-order valence-electron chi connectivity index (χ2n) is 4.34. The van der Waals surface area contributed by atoms with E-state index in [1.54, 1.807) is 0 Å². The number of nitrogens with two attached hydrogens (primary N) is 1. The number of rotatable bonds is 7. The summed E-state index contributed by atoms with van der Waals surface area (Å²) in [6, 6.07) is 8.22. The summed E-state index contributed by atoms with van der Waals surface area (Å²) < 4.78 is 0. The van der Waals surface area contributed by atoms with Gasteiger partial charge in [0, 0.05) is 12.3 Å². The van der Waals surface area contributed by atoms with Crippen LogP contribution in [0.4, 0.5) is 5.69 Å². The molecule has 2 nitrogen and oxygen atoms in total. The van der Waals surface area contributed by atoms with Crippen molar-refractivity contribution in [1.29, 1.82) is 0 Å². The zero-order chi connectivity index (χ0) is 11.8. The minimum absolute atomic E-state index is 0.318. The Labute approximate surface area is 98.5 Å². The summed E-state index contributed by atoms with van der Waals surface area (Å²) in [6.45, 7) is 2.55. The van der Waals surface area contributed by atoms with Crippen LogP contribution in [0.2, 0.25) is 0 Å². The summed E-state index contributed by atoms with van der Waals surface area (Å²) in [6.07, 6.45) is 5.63. The normalized spacial score (nSPS) is 12.6. The molecule has 0 amide bonds. The molecule has 0 saturated heterocycles. The molecule has 16 heavy (non-hydrogen) atoms. The summed E-state index contributed by atoms with van der Waals surface area (Å²) in [5.41, 5.74) is 7.90.